The molecule has 1 aromatic heterocycles. The number of hydrogen-bond acceptors (Lipinski definition) is 3. The quantitative estimate of drug-likeness (QED) is 0.546. The molecule has 1 saturated carbocycles. The van der Waals surface area contributed by atoms with Crippen molar-refractivity contribution in [1.29, 1.82) is 0 Å². The Hall–Kier alpha value is -2.96. The van der Waals surface area contributed by atoms with Crippen LogP contribution < -0.4 is 5.32 Å². The lowest BCUT2D eigenvalue weighted by molar-refractivity contribution is -0.136. The Kier molecular flexibility index (Phi) is 5.36. The Labute approximate surface area is 162 Å². The van der Waals surface area contributed by atoms with Gasteiger partial charge >= 0.3 is 6.18 Å². The molecule has 7 heteroatoms. The number of carbonyl (C=O) groups is 1. The van der Waals surface area contributed by atoms with Gasteiger partial charge in [-0.15, -0.1) is 0 Å². The lowest BCUT2D eigenvalue weighted by Gasteiger charge is -2.15. The number of aliphatic imine (C=N–C) groups is 1. The number of allylic oxidation sites excluding steroid dienone is 2. The van der Waals surface area contributed by atoms with E-state index in [9.17, 15) is 18.0 Å². The van der Waals surface area contributed by atoms with Crippen LogP contribution in [0.25, 0.3) is 10.9 Å². The van der Waals surface area contributed by atoms with E-state index < -0.39 is 17.6 Å². The van der Waals surface area contributed by atoms with Crippen LogP contribution in [0.2, 0.25) is 0 Å². The van der Waals surface area contributed by atoms with Gasteiger partial charge in [-0.1, -0.05) is 12.7 Å². The van der Waals surface area contributed by atoms with Crippen LogP contribution in [0.5, 0.6) is 0 Å². The van der Waals surface area contributed by atoms with Crippen molar-refractivity contribution in [1.82, 2.24) is 10.3 Å². The number of amides is 1. The number of rotatable bonds is 6. The topological polar surface area (TPSA) is 54.4 Å². The minimum atomic E-state index is -4.55. The van der Waals surface area contributed by atoms with E-state index in [1.807, 2.05) is 0 Å². The summed E-state index contributed by atoms with van der Waals surface area (Å²) in [4.78, 5) is 20.2. The third-order valence-corrected chi connectivity index (χ3v) is 4.67. The number of aromatic nitrogens is 1. The molecule has 1 amide bonds. The van der Waals surface area contributed by atoms with Crippen LogP contribution in [0, 0.1) is 6.92 Å². The molecule has 28 heavy (non-hydrogen) atoms. The van der Waals surface area contributed by atoms with Crippen molar-refractivity contribution >= 4 is 23.5 Å². The maximum Gasteiger partial charge on any atom is 0.418 e. The second kappa shape index (κ2) is 7.58. The van der Waals surface area contributed by atoms with Crippen LogP contribution in [0.4, 0.5) is 13.2 Å². The molecule has 1 aliphatic rings. The molecule has 0 atom stereocenters. The van der Waals surface area contributed by atoms with E-state index in [0.29, 0.717) is 22.2 Å². The molecule has 0 saturated heterocycles. The van der Waals surface area contributed by atoms with Crippen LogP contribution in [-0.2, 0) is 6.18 Å². The van der Waals surface area contributed by atoms with Gasteiger partial charge in [0.1, 0.15) is 5.69 Å². The summed E-state index contributed by atoms with van der Waals surface area (Å²) in [6, 6.07) is 4.44. The Morgan fingerprint density at radius 1 is 1.39 bits per heavy atom. The van der Waals surface area contributed by atoms with Gasteiger partial charge in [0.2, 0.25) is 0 Å². The molecule has 0 aliphatic heterocycles. The number of carbonyl (C=O) groups excluding carboxylic acids is 1. The van der Waals surface area contributed by atoms with Crippen molar-refractivity contribution < 1.29 is 19.4 Å². The van der Waals surface area contributed by atoms with Crippen molar-refractivity contribution in [3.8, 4) is 0 Å². The maximum atomic E-state index is 13.7. The molecule has 1 N–H and O–H groups in total. The van der Waals surface area contributed by atoms with E-state index in [0.717, 1.165) is 12.8 Å². The molecule has 1 heterocycles. The summed E-state index contributed by atoms with van der Waals surface area (Å²) >= 11 is 0. The molecule has 1 aliphatic carbocycles. The third-order valence-electron chi connectivity index (χ3n) is 4.67. The first-order valence-corrected chi connectivity index (χ1v) is 8.83. The lowest BCUT2D eigenvalue weighted by Crippen LogP contribution is -2.26. The summed E-state index contributed by atoms with van der Waals surface area (Å²) in [5.74, 6) is -0.405. The number of halogens is 3. The monoisotopic (exact) mass is 389 g/mol. The molecular formula is C21H22F3N3O. The Balaban J connectivity index is 0.00000300. The number of nitrogens with zero attached hydrogens (tertiary/aromatic N) is 2. The third kappa shape index (κ3) is 4.13. The van der Waals surface area contributed by atoms with Crippen LogP contribution in [0.3, 0.4) is 0 Å². The zero-order valence-electron chi connectivity index (χ0n) is 15.4. The fraction of sp³-hybridized carbons (Fsp3) is 0.286. The number of alkyl halides is 3. The molecule has 2 aromatic rings. The Bertz CT molecular complexity index is 995. The van der Waals surface area contributed by atoms with E-state index in [1.54, 1.807) is 19.1 Å². The molecule has 0 radical (unpaired) electrons. The van der Waals surface area contributed by atoms with E-state index in [-0.39, 0.29) is 25.1 Å². The summed E-state index contributed by atoms with van der Waals surface area (Å²) in [5, 5.41) is 3.02. The van der Waals surface area contributed by atoms with Gasteiger partial charge in [0, 0.05) is 6.81 Å². The van der Waals surface area contributed by atoms with Gasteiger partial charge in [-0.25, -0.2) is 4.98 Å². The highest BCUT2D eigenvalue weighted by molar-refractivity contribution is 5.97. The van der Waals surface area contributed by atoms with Gasteiger partial charge in [0.25, 0.3) is 5.91 Å². The number of benzene rings is 1. The van der Waals surface area contributed by atoms with Gasteiger partial charge in [-0.3, -0.25) is 9.79 Å². The van der Waals surface area contributed by atoms with Crippen molar-refractivity contribution in [2.75, 3.05) is 6.54 Å². The molecule has 0 unspecified atom stereocenters. The highest BCUT2D eigenvalue weighted by Crippen LogP contribution is 2.44. The average Bonchev–Trinajstić information content (AvgIpc) is 3.48. The summed E-state index contributed by atoms with van der Waals surface area (Å²) in [5.41, 5.74) is 0.656. The van der Waals surface area contributed by atoms with E-state index in [2.05, 4.69) is 28.6 Å². The summed E-state index contributed by atoms with van der Waals surface area (Å²) in [6.07, 6.45) is 0.320. The van der Waals surface area contributed by atoms with E-state index >= 15 is 0 Å². The number of pyridine rings is 1. The SMILES string of the molecule is C=C/C=C(/CNC(=O)c1cc(C)c2cc(C3CC3)cc(C(F)(F)F)c2n1)N=C.[HH]. The Morgan fingerprint density at radius 3 is 2.68 bits per heavy atom. The summed E-state index contributed by atoms with van der Waals surface area (Å²) < 4.78 is 41.0. The number of nitrogens with one attached hydrogen (secondary N) is 1. The fourth-order valence-electron chi connectivity index (χ4n) is 3.06. The lowest BCUT2D eigenvalue weighted by atomic mass is 9.98. The molecule has 1 fully saturated rings. The second-order valence-electron chi connectivity index (χ2n) is 6.80. The van der Waals surface area contributed by atoms with Crippen molar-refractivity contribution in [3.05, 3.63) is 65.0 Å². The predicted molar refractivity (Wildman–Crippen MR) is 106 cm³/mol. The van der Waals surface area contributed by atoms with Gasteiger partial charge in [0.15, 0.2) is 0 Å². The molecule has 0 bridgehead atoms. The minimum Gasteiger partial charge on any atom is -0.345 e. The first kappa shape index (κ1) is 19.8. The van der Waals surface area contributed by atoms with Crippen LogP contribution in [0.15, 0.2) is 47.6 Å². The predicted octanol–water partition coefficient (Wildman–Crippen LogP) is 5.19. The molecule has 148 valence electrons. The molecule has 0 spiro atoms. The second-order valence-corrected chi connectivity index (χ2v) is 6.80. The normalized spacial score (nSPS) is 14.8. The smallest absolute Gasteiger partial charge is 0.345 e. The number of hydrogen-bond donors (Lipinski definition) is 1. The maximum absolute atomic E-state index is 13.7. The van der Waals surface area contributed by atoms with E-state index in [4.69, 9.17) is 0 Å². The van der Waals surface area contributed by atoms with Gasteiger partial charge in [0.05, 0.1) is 23.3 Å². The van der Waals surface area contributed by atoms with Gasteiger partial charge < -0.3 is 5.32 Å². The number of fused-ring (bicyclic) bond motifs is 1. The zero-order chi connectivity index (χ0) is 20.5. The standard InChI is InChI=1S/C21H20F3N3O.H2/c1-4-5-15(25-3)11-26-20(28)18-8-12(2)16-9-14(13-6-7-13)10-17(19(16)27-18)21(22,23)24;/h4-5,8-10,13H,1,3,6-7,11H2,2H3,(H,26,28);1H/b15-5-;. The molecule has 4 nitrogen and oxygen atoms in total. The average molecular weight is 389 g/mol. The Morgan fingerprint density at radius 2 is 2.11 bits per heavy atom. The largest absolute Gasteiger partial charge is 0.418 e. The highest BCUT2D eigenvalue weighted by Gasteiger charge is 2.36. The van der Waals surface area contributed by atoms with Crippen molar-refractivity contribution in [3.63, 3.8) is 0 Å². The fourth-order valence-corrected chi connectivity index (χ4v) is 3.06. The van der Waals surface area contributed by atoms with Crippen molar-refractivity contribution in [2.24, 2.45) is 4.99 Å². The number of aryl methyl sites for hydroxylation is 1. The first-order valence-electron chi connectivity index (χ1n) is 8.83. The van der Waals surface area contributed by atoms with Crippen LogP contribution in [-0.4, -0.2) is 24.2 Å². The summed E-state index contributed by atoms with van der Waals surface area (Å²) in [7, 11) is 0. The van der Waals surface area contributed by atoms with E-state index in [1.165, 1.54) is 18.2 Å². The van der Waals surface area contributed by atoms with Crippen molar-refractivity contribution in [2.45, 2.75) is 31.9 Å². The molecular weight excluding hydrogens is 367 g/mol. The highest BCUT2D eigenvalue weighted by atomic mass is 19.4. The van der Waals surface area contributed by atoms with Gasteiger partial charge in [-0.2, -0.15) is 13.2 Å². The summed E-state index contributed by atoms with van der Waals surface area (Å²) in [6.45, 7) is 8.69. The minimum absolute atomic E-state index is 0. The van der Waals surface area contributed by atoms with Crippen LogP contribution in [0.1, 0.15) is 47.4 Å². The van der Waals surface area contributed by atoms with Gasteiger partial charge in [-0.05, 0) is 67.8 Å². The zero-order valence-corrected chi connectivity index (χ0v) is 15.4. The first-order chi connectivity index (χ1) is 13.2. The molecule has 3 rings (SSSR count). The molecule has 1 aromatic carbocycles. The van der Waals surface area contributed by atoms with Crippen LogP contribution >= 0.6 is 0 Å².